The molecule has 0 N–H and O–H groups in total. The van der Waals surface area contributed by atoms with Crippen molar-refractivity contribution < 1.29 is 9.53 Å². The van der Waals surface area contributed by atoms with Gasteiger partial charge in [0.05, 0.1) is 28.9 Å². The maximum Gasteiger partial charge on any atom is 0.337 e. The molecule has 23 heavy (non-hydrogen) atoms. The summed E-state index contributed by atoms with van der Waals surface area (Å²) in [5.41, 5.74) is 4.11. The molecular formula is C18H15ClN2O2. The third-order valence-electron chi connectivity index (χ3n) is 3.63. The van der Waals surface area contributed by atoms with Crippen LogP contribution in [0.2, 0.25) is 5.02 Å². The van der Waals surface area contributed by atoms with Crippen LogP contribution in [0.25, 0.3) is 10.9 Å². The van der Waals surface area contributed by atoms with Crippen LogP contribution in [-0.4, -0.2) is 23.0 Å². The number of hydrogen-bond donors (Lipinski definition) is 0. The van der Waals surface area contributed by atoms with Gasteiger partial charge >= 0.3 is 5.97 Å². The van der Waals surface area contributed by atoms with E-state index in [0.29, 0.717) is 17.0 Å². The Kier molecular flexibility index (Phi) is 4.26. The van der Waals surface area contributed by atoms with E-state index in [1.165, 1.54) is 7.11 Å². The molecule has 0 aliphatic heterocycles. The van der Waals surface area contributed by atoms with Crippen molar-refractivity contribution >= 4 is 28.5 Å². The van der Waals surface area contributed by atoms with Gasteiger partial charge in [0.25, 0.3) is 0 Å². The molecular weight excluding hydrogens is 312 g/mol. The van der Waals surface area contributed by atoms with E-state index in [-0.39, 0.29) is 5.97 Å². The lowest BCUT2D eigenvalue weighted by molar-refractivity contribution is 0.0600. The number of benzene rings is 1. The molecule has 1 aromatic carbocycles. The van der Waals surface area contributed by atoms with Crippen molar-refractivity contribution in [1.29, 1.82) is 0 Å². The predicted molar refractivity (Wildman–Crippen MR) is 89.9 cm³/mol. The van der Waals surface area contributed by atoms with Crippen LogP contribution in [0.15, 0.2) is 42.6 Å². The Morgan fingerprint density at radius 3 is 2.83 bits per heavy atom. The molecule has 0 amide bonds. The van der Waals surface area contributed by atoms with Crippen LogP contribution < -0.4 is 0 Å². The number of carbonyl (C=O) groups excluding carboxylic acids is 1. The van der Waals surface area contributed by atoms with Crippen molar-refractivity contribution in [3.8, 4) is 0 Å². The third kappa shape index (κ3) is 3.32. The van der Waals surface area contributed by atoms with Gasteiger partial charge in [-0.15, -0.1) is 0 Å². The average Bonchev–Trinajstić information content (AvgIpc) is 2.56. The molecule has 5 heteroatoms. The number of rotatable bonds is 3. The second-order valence-electron chi connectivity index (χ2n) is 5.29. The number of methoxy groups -OCH3 is 1. The molecule has 2 heterocycles. The molecule has 116 valence electrons. The molecule has 2 aromatic heterocycles. The lowest BCUT2D eigenvalue weighted by atomic mass is 10.0. The summed E-state index contributed by atoms with van der Waals surface area (Å²) in [6, 6.07) is 11.3. The first-order chi connectivity index (χ1) is 11.1. The van der Waals surface area contributed by atoms with Crippen LogP contribution in [-0.2, 0) is 11.2 Å². The minimum absolute atomic E-state index is 0.362. The fourth-order valence-electron chi connectivity index (χ4n) is 2.44. The summed E-state index contributed by atoms with van der Waals surface area (Å²) >= 11 is 6.15. The van der Waals surface area contributed by atoms with Crippen LogP contribution in [0.4, 0.5) is 0 Å². The van der Waals surface area contributed by atoms with Crippen molar-refractivity contribution in [2.45, 2.75) is 13.3 Å². The first-order valence-corrected chi connectivity index (χ1v) is 7.53. The predicted octanol–water partition coefficient (Wildman–Crippen LogP) is 3.97. The van der Waals surface area contributed by atoms with Crippen molar-refractivity contribution in [1.82, 2.24) is 9.97 Å². The molecule has 0 spiro atoms. The zero-order valence-corrected chi connectivity index (χ0v) is 13.6. The standard InChI is InChI=1S/C18H15ClN2O2/c1-11-16(19)10-14-7-12(3-4-17(14)21-11)8-15-9-13(5-6-20-15)18(22)23-2/h3-7,9-10H,8H2,1-2H3. The van der Waals surface area contributed by atoms with Gasteiger partial charge in [0, 0.05) is 23.7 Å². The van der Waals surface area contributed by atoms with Gasteiger partial charge < -0.3 is 4.74 Å². The van der Waals surface area contributed by atoms with Gasteiger partial charge in [-0.25, -0.2) is 4.79 Å². The van der Waals surface area contributed by atoms with E-state index in [4.69, 9.17) is 16.3 Å². The Bertz CT molecular complexity index is 893. The Morgan fingerprint density at radius 1 is 1.22 bits per heavy atom. The van der Waals surface area contributed by atoms with Crippen LogP contribution in [0.1, 0.15) is 27.3 Å². The Morgan fingerprint density at radius 2 is 2.04 bits per heavy atom. The maximum absolute atomic E-state index is 11.6. The number of esters is 1. The minimum atomic E-state index is -0.362. The number of carbonyl (C=O) groups is 1. The molecule has 0 unspecified atom stereocenters. The zero-order chi connectivity index (χ0) is 16.4. The Labute approximate surface area is 139 Å². The van der Waals surface area contributed by atoms with Crippen LogP contribution in [0.5, 0.6) is 0 Å². The van der Waals surface area contributed by atoms with E-state index in [2.05, 4.69) is 9.97 Å². The Balaban J connectivity index is 1.92. The van der Waals surface area contributed by atoms with Gasteiger partial charge in [0.15, 0.2) is 0 Å². The van der Waals surface area contributed by atoms with E-state index in [9.17, 15) is 4.79 Å². The molecule has 0 aliphatic carbocycles. The van der Waals surface area contributed by atoms with Crippen molar-refractivity contribution in [2.75, 3.05) is 7.11 Å². The molecule has 0 radical (unpaired) electrons. The molecule has 0 saturated carbocycles. The zero-order valence-electron chi connectivity index (χ0n) is 12.8. The first kappa shape index (κ1) is 15.4. The van der Waals surface area contributed by atoms with Crippen LogP contribution in [0, 0.1) is 6.92 Å². The SMILES string of the molecule is COC(=O)c1ccnc(Cc2ccc3nc(C)c(Cl)cc3c2)c1. The molecule has 0 bridgehead atoms. The normalized spacial score (nSPS) is 10.7. The van der Waals surface area contributed by atoms with Crippen molar-refractivity contribution in [2.24, 2.45) is 0 Å². The maximum atomic E-state index is 11.6. The number of aromatic nitrogens is 2. The van der Waals surface area contributed by atoms with Crippen molar-refractivity contribution in [3.05, 3.63) is 70.1 Å². The minimum Gasteiger partial charge on any atom is -0.465 e. The number of nitrogens with zero attached hydrogens (tertiary/aromatic N) is 2. The third-order valence-corrected chi connectivity index (χ3v) is 4.01. The summed E-state index contributed by atoms with van der Waals surface area (Å²) in [4.78, 5) is 20.4. The van der Waals surface area contributed by atoms with E-state index in [1.54, 1.807) is 18.3 Å². The summed E-state index contributed by atoms with van der Waals surface area (Å²) in [5.74, 6) is -0.362. The monoisotopic (exact) mass is 326 g/mol. The van der Waals surface area contributed by atoms with Gasteiger partial charge in [-0.3, -0.25) is 9.97 Å². The van der Waals surface area contributed by atoms with Gasteiger partial charge in [0.2, 0.25) is 0 Å². The van der Waals surface area contributed by atoms with Gasteiger partial charge in [0.1, 0.15) is 0 Å². The average molecular weight is 327 g/mol. The molecule has 0 aliphatic rings. The lowest BCUT2D eigenvalue weighted by Crippen LogP contribution is -2.03. The summed E-state index contributed by atoms with van der Waals surface area (Å²) in [5, 5.41) is 1.64. The number of halogens is 1. The topological polar surface area (TPSA) is 52.1 Å². The van der Waals surface area contributed by atoms with E-state index >= 15 is 0 Å². The highest BCUT2D eigenvalue weighted by atomic mass is 35.5. The lowest BCUT2D eigenvalue weighted by Gasteiger charge is -2.06. The fraction of sp³-hybridized carbons (Fsp3) is 0.167. The highest BCUT2D eigenvalue weighted by Crippen LogP contribution is 2.22. The number of hydrogen-bond acceptors (Lipinski definition) is 4. The van der Waals surface area contributed by atoms with Gasteiger partial charge in [-0.2, -0.15) is 0 Å². The first-order valence-electron chi connectivity index (χ1n) is 7.16. The van der Waals surface area contributed by atoms with E-state index in [0.717, 1.165) is 27.9 Å². The number of pyridine rings is 2. The largest absolute Gasteiger partial charge is 0.465 e. The quantitative estimate of drug-likeness (QED) is 0.683. The summed E-state index contributed by atoms with van der Waals surface area (Å²) in [7, 11) is 1.37. The van der Waals surface area contributed by atoms with Crippen LogP contribution in [0.3, 0.4) is 0 Å². The number of ether oxygens (including phenoxy) is 1. The molecule has 0 saturated heterocycles. The molecule has 3 aromatic rings. The molecule has 3 rings (SSSR count). The Hall–Kier alpha value is -2.46. The smallest absolute Gasteiger partial charge is 0.337 e. The summed E-state index contributed by atoms with van der Waals surface area (Å²) in [6.07, 6.45) is 2.23. The summed E-state index contributed by atoms with van der Waals surface area (Å²) < 4.78 is 4.73. The summed E-state index contributed by atoms with van der Waals surface area (Å²) in [6.45, 7) is 1.89. The van der Waals surface area contributed by atoms with E-state index in [1.807, 2.05) is 31.2 Å². The van der Waals surface area contributed by atoms with Gasteiger partial charge in [-0.1, -0.05) is 17.7 Å². The molecule has 4 nitrogen and oxygen atoms in total. The second kappa shape index (κ2) is 6.34. The fourth-order valence-corrected chi connectivity index (χ4v) is 2.60. The number of aryl methyl sites for hydroxylation is 1. The molecule has 0 fully saturated rings. The van der Waals surface area contributed by atoms with E-state index < -0.39 is 0 Å². The van der Waals surface area contributed by atoms with Crippen LogP contribution >= 0.6 is 11.6 Å². The van der Waals surface area contributed by atoms with Gasteiger partial charge in [-0.05, 0) is 42.8 Å². The number of fused-ring (bicyclic) bond motifs is 1. The second-order valence-corrected chi connectivity index (χ2v) is 5.69. The highest BCUT2D eigenvalue weighted by Gasteiger charge is 2.08. The highest BCUT2D eigenvalue weighted by molar-refractivity contribution is 6.31. The molecule has 0 atom stereocenters. The van der Waals surface area contributed by atoms with Crippen molar-refractivity contribution in [3.63, 3.8) is 0 Å².